The second-order valence-electron chi connectivity index (χ2n) is 5.14. The first-order chi connectivity index (χ1) is 12.0. The molecule has 5 nitrogen and oxygen atoms in total. The molecule has 2 rings (SSSR count). The summed E-state index contributed by atoms with van der Waals surface area (Å²) >= 11 is 12.4. The topological polar surface area (TPSA) is 56.8 Å². The molecule has 7 heteroatoms. The minimum Gasteiger partial charge on any atom is -0.497 e. The number of benzene rings is 2. The number of amides is 1. The van der Waals surface area contributed by atoms with E-state index in [0.717, 1.165) is 6.42 Å². The van der Waals surface area contributed by atoms with E-state index in [9.17, 15) is 4.79 Å². The maximum Gasteiger partial charge on any atom is 0.255 e. The van der Waals surface area contributed by atoms with E-state index >= 15 is 0 Å². The first-order valence-corrected chi connectivity index (χ1v) is 8.41. The van der Waals surface area contributed by atoms with Crippen molar-refractivity contribution in [1.82, 2.24) is 0 Å². The van der Waals surface area contributed by atoms with Crippen molar-refractivity contribution < 1.29 is 19.0 Å². The summed E-state index contributed by atoms with van der Waals surface area (Å²) in [6.07, 6.45) is 0.824. The minimum absolute atomic E-state index is 0.281. The van der Waals surface area contributed by atoms with Gasteiger partial charge in [-0.1, -0.05) is 30.1 Å². The summed E-state index contributed by atoms with van der Waals surface area (Å²) in [4.78, 5) is 12.5. The van der Waals surface area contributed by atoms with E-state index in [1.807, 2.05) is 6.92 Å². The van der Waals surface area contributed by atoms with Gasteiger partial charge in [-0.25, -0.2) is 0 Å². The van der Waals surface area contributed by atoms with E-state index in [0.29, 0.717) is 35.1 Å². The largest absolute Gasteiger partial charge is 0.497 e. The van der Waals surface area contributed by atoms with Crippen LogP contribution in [0, 0.1) is 0 Å². The zero-order chi connectivity index (χ0) is 18.4. The molecule has 1 N–H and O–H groups in total. The van der Waals surface area contributed by atoms with Gasteiger partial charge in [-0.05, 0) is 30.7 Å². The highest BCUT2D eigenvalue weighted by Gasteiger charge is 2.16. The second-order valence-corrected chi connectivity index (χ2v) is 5.95. The fraction of sp³-hybridized carbons (Fsp3) is 0.278. The fourth-order valence-corrected chi connectivity index (χ4v) is 2.74. The van der Waals surface area contributed by atoms with Gasteiger partial charge >= 0.3 is 0 Å². The molecule has 2 aromatic carbocycles. The summed E-state index contributed by atoms with van der Waals surface area (Å²) in [6.45, 7) is 2.47. The van der Waals surface area contributed by atoms with Crippen LogP contribution in [0.1, 0.15) is 23.7 Å². The van der Waals surface area contributed by atoms with Crippen molar-refractivity contribution in [1.29, 1.82) is 0 Å². The number of anilines is 1. The highest BCUT2D eigenvalue weighted by atomic mass is 35.5. The third-order valence-electron chi connectivity index (χ3n) is 3.37. The molecule has 0 atom stereocenters. The molecule has 0 aromatic heterocycles. The van der Waals surface area contributed by atoms with E-state index in [2.05, 4.69) is 5.32 Å². The maximum absolute atomic E-state index is 12.5. The van der Waals surface area contributed by atoms with Gasteiger partial charge in [0.2, 0.25) is 0 Å². The number of hydrogen-bond acceptors (Lipinski definition) is 4. The highest BCUT2D eigenvalue weighted by molar-refractivity contribution is 6.37. The number of halogens is 2. The minimum atomic E-state index is -0.377. The Morgan fingerprint density at radius 2 is 1.76 bits per heavy atom. The van der Waals surface area contributed by atoms with Crippen LogP contribution in [0.25, 0.3) is 0 Å². The van der Waals surface area contributed by atoms with Gasteiger partial charge < -0.3 is 19.5 Å². The Bertz CT molecular complexity index is 742. The van der Waals surface area contributed by atoms with Crippen molar-refractivity contribution in [2.45, 2.75) is 13.3 Å². The van der Waals surface area contributed by atoms with E-state index in [-0.39, 0.29) is 16.0 Å². The van der Waals surface area contributed by atoms with Gasteiger partial charge in [0, 0.05) is 11.6 Å². The molecule has 0 aliphatic rings. The highest BCUT2D eigenvalue weighted by Crippen LogP contribution is 2.35. The molecule has 0 spiro atoms. The Morgan fingerprint density at radius 1 is 1.08 bits per heavy atom. The third-order valence-corrected chi connectivity index (χ3v) is 3.93. The van der Waals surface area contributed by atoms with Gasteiger partial charge in [-0.2, -0.15) is 0 Å². The Labute approximate surface area is 156 Å². The molecule has 1 amide bonds. The molecule has 0 heterocycles. The van der Waals surface area contributed by atoms with E-state index in [1.165, 1.54) is 19.2 Å². The van der Waals surface area contributed by atoms with Crippen molar-refractivity contribution in [3.05, 3.63) is 45.9 Å². The summed E-state index contributed by atoms with van der Waals surface area (Å²) in [5, 5.41) is 3.33. The monoisotopic (exact) mass is 383 g/mol. The van der Waals surface area contributed by atoms with Crippen LogP contribution in [-0.2, 0) is 0 Å². The van der Waals surface area contributed by atoms with Gasteiger partial charge in [-0.3, -0.25) is 4.79 Å². The average Bonchev–Trinajstić information content (AvgIpc) is 2.60. The quantitative estimate of drug-likeness (QED) is 0.726. The van der Waals surface area contributed by atoms with Gasteiger partial charge in [0.05, 0.1) is 36.6 Å². The van der Waals surface area contributed by atoms with Crippen molar-refractivity contribution in [2.75, 3.05) is 26.1 Å². The van der Waals surface area contributed by atoms with E-state index in [1.54, 1.807) is 25.3 Å². The molecule has 0 radical (unpaired) electrons. The normalized spacial score (nSPS) is 10.3. The third kappa shape index (κ3) is 4.71. The summed E-state index contributed by atoms with van der Waals surface area (Å²) in [5.41, 5.74) is 0.786. The number of nitrogens with one attached hydrogen (secondary N) is 1. The SMILES string of the molecule is CCCOc1c(Cl)cc(C(=O)Nc2cc(OC)ccc2OC)cc1Cl. The van der Waals surface area contributed by atoms with Crippen molar-refractivity contribution >= 4 is 34.8 Å². The van der Waals surface area contributed by atoms with Crippen molar-refractivity contribution in [3.8, 4) is 17.2 Å². The first kappa shape index (κ1) is 19.2. The average molecular weight is 384 g/mol. The number of ether oxygens (including phenoxy) is 3. The number of rotatable bonds is 7. The van der Waals surface area contributed by atoms with Crippen LogP contribution in [0.4, 0.5) is 5.69 Å². The molecule has 0 saturated heterocycles. The summed E-state index contributed by atoms with van der Waals surface area (Å²) in [5.74, 6) is 1.10. The Morgan fingerprint density at radius 3 is 2.32 bits per heavy atom. The molecule has 25 heavy (non-hydrogen) atoms. The standard InChI is InChI=1S/C18H19Cl2NO4/c1-4-7-25-17-13(19)8-11(9-14(17)20)18(22)21-15-10-12(23-2)5-6-16(15)24-3/h5-6,8-10H,4,7H2,1-3H3,(H,21,22). The fourth-order valence-electron chi connectivity index (χ4n) is 2.14. The van der Waals surface area contributed by atoms with Crippen LogP contribution in [0.5, 0.6) is 17.2 Å². The zero-order valence-corrected chi connectivity index (χ0v) is 15.7. The van der Waals surface area contributed by atoms with Crippen LogP contribution in [0.2, 0.25) is 10.0 Å². The smallest absolute Gasteiger partial charge is 0.255 e. The van der Waals surface area contributed by atoms with Crippen molar-refractivity contribution in [2.24, 2.45) is 0 Å². The van der Waals surface area contributed by atoms with Gasteiger partial charge in [-0.15, -0.1) is 0 Å². The Balaban J connectivity index is 2.27. The van der Waals surface area contributed by atoms with Crippen LogP contribution >= 0.6 is 23.2 Å². The molecule has 0 bridgehead atoms. The van der Waals surface area contributed by atoms with Gasteiger partial charge in [0.15, 0.2) is 5.75 Å². The maximum atomic E-state index is 12.5. The zero-order valence-electron chi connectivity index (χ0n) is 14.2. The van der Waals surface area contributed by atoms with Crippen molar-refractivity contribution in [3.63, 3.8) is 0 Å². The Kier molecular flexibility index (Phi) is 6.79. The summed E-state index contributed by atoms with van der Waals surface area (Å²) in [7, 11) is 3.06. The van der Waals surface area contributed by atoms with Crippen LogP contribution in [0.3, 0.4) is 0 Å². The van der Waals surface area contributed by atoms with E-state index in [4.69, 9.17) is 37.4 Å². The van der Waals surface area contributed by atoms with Gasteiger partial charge in [0.25, 0.3) is 5.91 Å². The number of hydrogen-bond donors (Lipinski definition) is 1. The molecule has 0 aliphatic heterocycles. The summed E-state index contributed by atoms with van der Waals surface area (Å²) in [6, 6.07) is 8.14. The molecular weight excluding hydrogens is 365 g/mol. The molecule has 0 unspecified atom stereocenters. The lowest BCUT2D eigenvalue weighted by molar-refractivity contribution is 0.102. The lowest BCUT2D eigenvalue weighted by Crippen LogP contribution is -2.13. The summed E-state index contributed by atoms with van der Waals surface area (Å²) < 4.78 is 15.9. The molecule has 0 aliphatic carbocycles. The lowest BCUT2D eigenvalue weighted by atomic mass is 10.2. The first-order valence-electron chi connectivity index (χ1n) is 7.65. The predicted molar refractivity (Wildman–Crippen MR) is 99.7 cm³/mol. The second kappa shape index (κ2) is 8.83. The van der Waals surface area contributed by atoms with Crippen LogP contribution in [-0.4, -0.2) is 26.7 Å². The molecule has 134 valence electrons. The van der Waals surface area contributed by atoms with Gasteiger partial charge in [0.1, 0.15) is 11.5 Å². The molecule has 2 aromatic rings. The molecule has 0 fully saturated rings. The predicted octanol–water partition coefficient (Wildman–Crippen LogP) is 5.05. The molecule has 0 saturated carbocycles. The number of carbonyl (C=O) groups is 1. The van der Waals surface area contributed by atoms with Crippen LogP contribution in [0.15, 0.2) is 30.3 Å². The lowest BCUT2D eigenvalue weighted by Gasteiger charge is -2.13. The Hall–Kier alpha value is -2.11. The number of carbonyl (C=O) groups excluding carboxylic acids is 1. The van der Waals surface area contributed by atoms with E-state index < -0.39 is 0 Å². The number of methoxy groups -OCH3 is 2. The van der Waals surface area contributed by atoms with Crippen LogP contribution < -0.4 is 19.5 Å². The molecular formula is C18H19Cl2NO4.